The molecule has 2 aromatic carbocycles. The number of phenols is 1. The first kappa shape index (κ1) is 18.6. The van der Waals surface area contributed by atoms with E-state index >= 15 is 0 Å². The van der Waals surface area contributed by atoms with Gasteiger partial charge in [-0.15, -0.1) is 6.58 Å². The number of aromatic hydroxyl groups is 1. The number of carbonyl (C=O) groups excluding carboxylic acids is 2. The van der Waals surface area contributed by atoms with E-state index in [0.717, 1.165) is 0 Å². The van der Waals surface area contributed by atoms with Crippen molar-refractivity contribution in [3.63, 3.8) is 0 Å². The Morgan fingerprint density at radius 2 is 2.07 bits per heavy atom. The number of amides is 1. The van der Waals surface area contributed by atoms with E-state index in [1.165, 1.54) is 12.1 Å². The van der Waals surface area contributed by atoms with Gasteiger partial charge < -0.3 is 25.2 Å². The molecule has 0 aromatic heterocycles. The summed E-state index contributed by atoms with van der Waals surface area (Å²) >= 11 is 0. The SMILES string of the molecule is C=CCN1C(=O)C2(C(C(=O)OCC)=C(N)Oc3cc(O)ccc32)c2ccccc21. The lowest BCUT2D eigenvalue weighted by molar-refractivity contribution is -0.140. The zero-order valence-electron chi connectivity index (χ0n) is 15.8. The standard InChI is InChI=1S/C22H20N2O5/c1-3-11-24-16-8-6-5-7-14(16)22(21(24)27)15-10-9-13(25)12-17(15)29-19(23)18(22)20(26)28-4-2/h3,5-10,12,25H,1,4,11,23H2,2H3. The number of hydrogen-bond donors (Lipinski definition) is 2. The molecule has 7 heteroatoms. The van der Waals surface area contributed by atoms with Crippen molar-refractivity contribution in [1.82, 2.24) is 0 Å². The molecular weight excluding hydrogens is 372 g/mol. The molecule has 4 rings (SSSR count). The van der Waals surface area contributed by atoms with Crippen LogP contribution in [-0.4, -0.2) is 30.1 Å². The second-order valence-electron chi connectivity index (χ2n) is 6.71. The Morgan fingerprint density at radius 1 is 1.31 bits per heavy atom. The predicted octanol–water partition coefficient (Wildman–Crippen LogP) is 2.34. The number of ether oxygens (including phenoxy) is 2. The lowest BCUT2D eigenvalue weighted by Gasteiger charge is -2.36. The molecule has 2 aromatic rings. The van der Waals surface area contributed by atoms with Gasteiger partial charge in [0, 0.05) is 29.4 Å². The van der Waals surface area contributed by atoms with Gasteiger partial charge in [-0.1, -0.05) is 24.3 Å². The van der Waals surface area contributed by atoms with E-state index in [-0.39, 0.29) is 42.0 Å². The highest BCUT2D eigenvalue weighted by Crippen LogP contribution is 2.55. The molecule has 1 atom stereocenters. The first-order valence-corrected chi connectivity index (χ1v) is 9.17. The van der Waals surface area contributed by atoms with Crippen molar-refractivity contribution in [2.75, 3.05) is 18.1 Å². The highest BCUT2D eigenvalue weighted by Gasteiger charge is 2.60. The quantitative estimate of drug-likeness (QED) is 0.612. The molecule has 148 valence electrons. The van der Waals surface area contributed by atoms with Gasteiger partial charge in [0.05, 0.1) is 6.61 Å². The number of phenolic OH excluding ortho intramolecular Hbond substituents is 1. The Morgan fingerprint density at radius 3 is 2.79 bits per heavy atom. The molecule has 3 N–H and O–H groups in total. The number of para-hydroxylation sites is 1. The van der Waals surface area contributed by atoms with Crippen molar-refractivity contribution in [2.24, 2.45) is 5.73 Å². The summed E-state index contributed by atoms with van der Waals surface area (Å²) in [6, 6.07) is 11.6. The average molecular weight is 392 g/mol. The van der Waals surface area contributed by atoms with Gasteiger partial charge in [-0.3, -0.25) is 4.79 Å². The Labute approximate surface area is 167 Å². The minimum absolute atomic E-state index is 0.0482. The van der Waals surface area contributed by atoms with Crippen molar-refractivity contribution in [3.05, 3.63) is 77.7 Å². The second-order valence-corrected chi connectivity index (χ2v) is 6.71. The van der Waals surface area contributed by atoms with Gasteiger partial charge in [-0.05, 0) is 25.1 Å². The van der Waals surface area contributed by atoms with Gasteiger partial charge in [0.15, 0.2) is 0 Å². The van der Waals surface area contributed by atoms with Crippen molar-refractivity contribution >= 4 is 17.6 Å². The fraction of sp³-hybridized carbons (Fsp3) is 0.182. The summed E-state index contributed by atoms with van der Waals surface area (Å²) in [5.41, 5.74) is 6.19. The van der Waals surface area contributed by atoms with Gasteiger partial charge >= 0.3 is 5.97 Å². The number of benzene rings is 2. The predicted molar refractivity (Wildman–Crippen MR) is 106 cm³/mol. The minimum atomic E-state index is -1.54. The number of nitrogens with two attached hydrogens (primary N) is 1. The molecular formula is C22H20N2O5. The van der Waals surface area contributed by atoms with Crippen LogP contribution in [0.15, 0.2) is 66.6 Å². The van der Waals surface area contributed by atoms with E-state index in [1.54, 1.807) is 42.2 Å². The zero-order valence-corrected chi connectivity index (χ0v) is 15.8. The van der Waals surface area contributed by atoms with E-state index in [4.69, 9.17) is 15.2 Å². The van der Waals surface area contributed by atoms with Crippen LogP contribution in [0.25, 0.3) is 0 Å². The van der Waals surface area contributed by atoms with Crippen molar-refractivity contribution in [1.29, 1.82) is 0 Å². The maximum Gasteiger partial charge on any atom is 0.341 e. The molecule has 0 bridgehead atoms. The van der Waals surface area contributed by atoms with Crippen LogP contribution in [0.3, 0.4) is 0 Å². The third kappa shape index (κ3) is 2.44. The van der Waals surface area contributed by atoms with Gasteiger partial charge in [-0.2, -0.15) is 0 Å². The Balaban J connectivity index is 2.11. The molecule has 1 unspecified atom stereocenters. The zero-order chi connectivity index (χ0) is 20.8. The largest absolute Gasteiger partial charge is 0.508 e. The highest BCUT2D eigenvalue weighted by molar-refractivity contribution is 6.18. The molecule has 2 aliphatic heterocycles. The van der Waals surface area contributed by atoms with Gasteiger partial charge in [0.25, 0.3) is 0 Å². The number of anilines is 1. The molecule has 0 radical (unpaired) electrons. The summed E-state index contributed by atoms with van der Waals surface area (Å²) in [5, 5.41) is 9.93. The molecule has 0 saturated heterocycles. The maximum atomic E-state index is 13.9. The number of fused-ring (bicyclic) bond motifs is 4. The van der Waals surface area contributed by atoms with Crippen molar-refractivity contribution < 1.29 is 24.2 Å². The molecule has 0 fully saturated rings. The fourth-order valence-electron chi connectivity index (χ4n) is 4.12. The lowest BCUT2D eigenvalue weighted by atomic mass is 9.68. The number of rotatable bonds is 4. The molecule has 7 nitrogen and oxygen atoms in total. The molecule has 0 aliphatic carbocycles. The van der Waals surface area contributed by atoms with Crippen LogP contribution < -0.4 is 15.4 Å². The van der Waals surface area contributed by atoms with Crippen LogP contribution in [0.4, 0.5) is 5.69 Å². The maximum absolute atomic E-state index is 13.9. The van der Waals surface area contributed by atoms with E-state index in [0.29, 0.717) is 16.8 Å². The van der Waals surface area contributed by atoms with Gasteiger partial charge in [0.1, 0.15) is 22.5 Å². The van der Waals surface area contributed by atoms with Crippen molar-refractivity contribution in [2.45, 2.75) is 12.3 Å². The van der Waals surface area contributed by atoms with Crippen molar-refractivity contribution in [3.8, 4) is 11.5 Å². The lowest BCUT2D eigenvalue weighted by Crippen LogP contribution is -2.48. The van der Waals surface area contributed by atoms with E-state index in [9.17, 15) is 14.7 Å². The van der Waals surface area contributed by atoms with Crippen LogP contribution in [-0.2, 0) is 19.7 Å². The molecule has 1 amide bonds. The molecule has 2 aliphatic rings. The fourth-order valence-corrected chi connectivity index (χ4v) is 4.12. The van der Waals surface area contributed by atoms with Crippen LogP contribution in [0.5, 0.6) is 11.5 Å². The number of esters is 1. The smallest absolute Gasteiger partial charge is 0.341 e. The number of nitrogens with zero attached hydrogens (tertiary/aromatic N) is 1. The average Bonchev–Trinajstić information content (AvgIpc) is 2.92. The summed E-state index contributed by atoms with van der Waals surface area (Å²) in [6.45, 7) is 5.77. The molecule has 1 spiro atoms. The van der Waals surface area contributed by atoms with Crippen LogP contribution in [0.2, 0.25) is 0 Å². The minimum Gasteiger partial charge on any atom is -0.508 e. The molecule has 0 saturated carbocycles. The first-order chi connectivity index (χ1) is 14.0. The van der Waals surface area contributed by atoms with Gasteiger partial charge in [0.2, 0.25) is 11.8 Å². The van der Waals surface area contributed by atoms with Gasteiger partial charge in [-0.25, -0.2) is 4.79 Å². The summed E-state index contributed by atoms with van der Waals surface area (Å²) in [6.07, 6.45) is 1.61. The molecule has 29 heavy (non-hydrogen) atoms. The molecule has 2 heterocycles. The highest BCUT2D eigenvalue weighted by atomic mass is 16.5. The van der Waals surface area contributed by atoms with E-state index in [2.05, 4.69) is 6.58 Å². The monoisotopic (exact) mass is 392 g/mol. The Hall–Kier alpha value is -3.74. The normalized spacial score (nSPS) is 19.6. The summed E-state index contributed by atoms with van der Waals surface area (Å²) in [5.74, 6) is -1.16. The van der Waals surface area contributed by atoms with Crippen LogP contribution in [0.1, 0.15) is 18.1 Å². The van der Waals surface area contributed by atoms with E-state index in [1.807, 2.05) is 6.07 Å². The van der Waals surface area contributed by atoms with Crippen LogP contribution >= 0.6 is 0 Å². The number of hydrogen-bond acceptors (Lipinski definition) is 6. The Bertz CT molecular complexity index is 1070. The number of carbonyl (C=O) groups is 2. The summed E-state index contributed by atoms with van der Waals surface area (Å²) in [7, 11) is 0. The second kappa shape index (κ2) is 6.70. The topological polar surface area (TPSA) is 102 Å². The first-order valence-electron chi connectivity index (χ1n) is 9.17. The van der Waals surface area contributed by atoms with E-state index < -0.39 is 11.4 Å². The third-order valence-corrected chi connectivity index (χ3v) is 5.17. The van der Waals surface area contributed by atoms with Crippen LogP contribution in [0, 0.1) is 0 Å². The summed E-state index contributed by atoms with van der Waals surface area (Å²) in [4.78, 5) is 28.4. The third-order valence-electron chi connectivity index (χ3n) is 5.17. The Kier molecular flexibility index (Phi) is 4.30. The summed E-state index contributed by atoms with van der Waals surface area (Å²) < 4.78 is 10.9.